The molecule has 0 fully saturated rings. The normalized spacial score (nSPS) is 11.8. The zero-order valence-electron chi connectivity index (χ0n) is 16.1. The SMILES string of the molecule is Nc1nc(Nc2ccccc2N[SH](=O)=O)nc(Nc2cc(S(=O)(=O)O)ccc2S(=O)(=O)O)n1. The van der Waals surface area contributed by atoms with Crippen molar-refractivity contribution in [3.8, 4) is 0 Å². The molecule has 15 nitrogen and oxygen atoms in total. The van der Waals surface area contributed by atoms with E-state index in [1.807, 2.05) is 0 Å². The zero-order chi connectivity index (χ0) is 24.4. The lowest BCUT2D eigenvalue weighted by Gasteiger charge is -2.13. The molecule has 18 heteroatoms. The van der Waals surface area contributed by atoms with Gasteiger partial charge in [0.1, 0.15) is 4.90 Å². The molecule has 0 amide bonds. The van der Waals surface area contributed by atoms with Crippen LogP contribution in [0.15, 0.2) is 52.3 Å². The Balaban J connectivity index is 2.02. The quantitative estimate of drug-likeness (QED) is 0.158. The van der Waals surface area contributed by atoms with Gasteiger partial charge in [0, 0.05) is 0 Å². The van der Waals surface area contributed by atoms with Crippen molar-refractivity contribution in [1.29, 1.82) is 0 Å². The van der Waals surface area contributed by atoms with E-state index in [-0.39, 0.29) is 29.2 Å². The van der Waals surface area contributed by atoms with Crippen molar-refractivity contribution in [2.24, 2.45) is 0 Å². The number of nitrogens with two attached hydrogens (primary N) is 1. The predicted molar refractivity (Wildman–Crippen MR) is 117 cm³/mol. The summed E-state index contributed by atoms with van der Waals surface area (Å²) in [4.78, 5) is 10.2. The molecule has 3 aromatic rings. The van der Waals surface area contributed by atoms with E-state index in [0.29, 0.717) is 0 Å². The summed E-state index contributed by atoms with van der Waals surface area (Å²) in [6.45, 7) is 0. The first-order valence-electron chi connectivity index (χ1n) is 8.47. The largest absolute Gasteiger partial charge is 0.368 e. The highest BCUT2D eigenvalue weighted by Gasteiger charge is 2.21. The smallest absolute Gasteiger partial charge is 0.296 e. The Bertz CT molecular complexity index is 1500. The monoisotopic (exact) mass is 517 g/mol. The van der Waals surface area contributed by atoms with Crippen LogP contribution in [0.3, 0.4) is 0 Å². The minimum atomic E-state index is -4.82. The van der Waals surface area contributed by atoms with Gasteiger partial charge in [-0.1, -0.05) is 12.1 Å². The van der Waals surface area contributed by atoms with Crippen molar-refractivity contribution in [2.75, 3.05) is 21.1 Å². The van der Waals surface area contributed by atoms with Crippen molar-refractivity contribution < 1.29 is 34.4 Å². The van der Waals surface area contributed by atoms with E-state index in [2.05, 4.69) is 30.3 Å². The molecular formula is C15H15N7O8S3. The zero-order valence-corrected chi connectivity index (χ0v) is 18.6. The fourth-order valence-corrected chi connectivity index (χ4v) is 4.05. The van der Waals surface area contributed by atoms with Gasteiger partial charge in [-0.05, 0) is 30.3 Å². The lowest BCUT2D eigenvalue weighted by Crippen LogP contribution is -2.10. The summed E-state index contributed by atoms with van der Waals surface area (Å²) in [5, 5.41) is 5.11. The van der Waals surface area contributed by atoms with Gasteiger partial charge in [0.05, 0.1) is 22.0 Å². The number of rotatable bonds is 8. The first kappa shape index (κ1) is 24.1. The first-order valence-corrected chi connectivity index (χ1v) is 12.5. The third-order valence-electron chi connectivity index (χ3n) is 3.81. The molecule has 0 bridgehead atoms. The molecule has 0 aliphatic heterocycles. The van der Waals surface area contributed by atoms with Crippen LogP contribution in [0.4, 0.5) is 34.9 Å². The van der Waals surface area contributed by atoms with Gasteiger partial charge in [0.25, 0.3) is 20.2 Å². The molecule has 7 N–H and O–H groups in total. The Labute approximate surface area is 188 Å². The van der Waals surface area contributed by atoms with Crippen LogP contribution >= 0.6 is 0 Å². The maximum absolute atomic E-state index is 11.7. The van der Waals surface area contributed by atoms with Crippen LogP contribution in [0.2, 0.25) is 0 Å². The number of para-hydroxylation sites is 2. The number of hydrogen-bond donors (Lipinski definition) is 7. The molecule has 176 valence electrons. The van der Waals surface area contributed by atoms with Gasteiger partial charge in [-0.25, -0.2) is 8.42 Å². The molecule has 0 aliphatic carbocycles. The van der Waals surface area contributed by atoms with E-state index < -0.39 is 46.6 Å². The van der Waals surface area contributed by atoms with Crippen molar-refractivity contribution in [3.05, 3.63) is 42.5 Å². The van der Waals surface area contributed by atoms with Gasteiger partial charge in [-0.15, -0.1) is 0 Å². The Morgan fingerprint density at radius 3 is 1.91 bits per heavy atom. The van der Waals surface area contributed by atoms with E-state index in [1.165, 1.54) is 12.1 Å². The van der Waals surface area contributed by atoms with Crippen LogP contribution in [0, 0.1) is 0 Å². The molecule has 2 aromatic carbocycles. The topological polar surface area (TPSA) is 244 Å². The van der Waals surface area contributed by atoms with E-state index in [4.69, 9.17) is 5.73 Å². The third kappa shape index (κ3) is 6.23. The fraction of sp³-hybridized carbons (Fsp3) is 0. The van der Waals surface area contributed by atoms with Crippen LogP contribution < -0.4 is 21.1 Å². The lowest BCUT2D eigenvalue weighted by molar-refractivity contribution is 0.479. The number of thiol groups is 1. The van der Waals surface area contributed by atoms with Crippen LogP contribution in [-0.4, -0.2) is 49.3 Å². The predicted octanol–water partition coefficient (Wildman–Crippen LogP) is 0.373. The minimum absolute atomic E-state index is 0.164. The molecule has 0 spiro atoms. The number of hydrogen-bond acceptors (Lipinski definition) is 12. The highest BCUT2D eigenvalue weighted by atomic mass is 32.2. The van der Waals surface area contributed by atoms with Crippen molar-refractivity contribution in [2.45, 2.75) is 9.79 Å². The number of nitrogens with zero attached hydrogens (tertiary/aromatic N) is 3. The van der Waals surface area contributed by atoms with E-state index in [9.17, 15) is 34.4 Å². The molecule has 3 rings (SSSR count). The van der Waals surface area contributed by atoms with Gasteiger partial charge in [0.2, 0.25) is 28.7 Å². The molecule has 0 atom stereocenters. The summed E-state index contributed by atoms with van der Waals surface area (Å²) in [6, 6.07) is 8.36. The summed E-state index contributed by atoms with van der Waals surface area (Å²) in [5.41, 5.74) is 5.56. The molecule has 1 heterocycles. The Morgan fingerprint density at radius 1 is 0.788 bits per heavy atom. The summed E-state index contributed by atoms with van der Waals surface area (Å²) in [6.07, 6.45) is 0. The summed E-state index contributed by atoms with van der Waals surface area (Å²) in [7, 11) is -12.5. The highest BCUT2D eigenvalue weighted by Crippen LogP contribution is 2.28. The molecule has 1 aromatic heterocycles. The van der Waals surface area contributed by atoms with Crippen molar-refractivity contribution >= 4 is 66.0 Å². The van der Waals surface area contributed by atoms with E-state index in [0.717, 1.165) is 18.2 Å². The molecule has 33 heavy (non-hydrogen) atoms. The summed E-state index contributed by atoms with van der Waals surface area (Å²) >= 11 is 0. The lowest BCUT2D eigenvalue weighted by atomic mass is 10.3. The number of nitrogens with one attached hydrogen (secondary N) is 3. The second-order valence-electron chi connectivity index (χ2n) is 6.11. The van der Waals surface area contributed by atoms with Gasteiger partial charge in [0.15, 0.2) is 0 Å². The number of nitrogen functional groups attached to an aromatic ring is 1. The van der Waals surface area contributed by atoms with Crippen LogP contribution in [-0.2, 0) is 31.1 Å². The van der Waals surface area contributed by atoms with Crippen molar-refractivity contribution in [1.82, 2.24) is 15.0 Å². The third-order valence-corrected chi connectivity index (χ3v) is 6.00. The number of benzene rings is 2. The van der Waals surface area contributed by atoms with Crippen molar-refractivity contribution in [3.63, 3.8) is 0 Å². The second-order valence-corrected chi connectivity index (χ2v) is 9.66. The summed E-state index contributed by atoms with van der Waals surface area (Å²) < 4.78 is 89.0. The Morgan fingerprint density at radius 2 is 1.36 bits per heavy atom. The standard InChI is InChI=1S/C15H15N7O8S3/c16-13-19-14(17-9-3-1-2-4-10(9)22-31(23)24)21-15(20-13)18-11-7-8(32(25,26)27)5-6-12(11)33(28,29)30/h1-7,31H,(H,22,23,24)(H,25,26,27)(H,28,29,30)(H4,16,17,18,19,20,21). The fourth-order valence-electron chi connectivity index (χ4n) is 2.53. The molecular weight excluding hydrogens is 502 g/mol. The molecule has 0 saturated carbocycles. The van der Waals surface area contributed by atoms with Crippen LogP contribution in [0.1, 0.15) is 0 Å². The average Bonchev–Trinajstić information content (AvgIpc) is 2.67. The molecule has 0 saturated heterocycles. The van der Waals surface area contributed by atoms with Gasteiger partial charge < -0.3 is 16.4 Å². The Hall–Kier alpha value is -3.58. The Kier molecular flexibility index (Phi) is 6.65. The highest BCUT2D eigenvalue weighted by molar-refractivity contribution is 7.86. The maximum Gasteiger partial charge on any atom is 0.296 e. The first-order chi connectivity index (χ1) is 15.3. The summed E-state index contributed by atoms with van der Waals surface area (Å²) in [5.74, 6) is -0.919. The minimum Gasteiger partial charge on any atom is -0.368 e. The molecule has 0 unspecified atom stereocenters. The number of aromatic nitrogens is 3. The van der Waals surface area contributed by atoms with Gasteiger partial charge in [-0.2, -0.15) is 31.8 Å². The molecule has 0 aliphatic rings. The van der Waals surface area contributed by atoms with E-state index in [1.54, 1.807) is 12.1 Å². The second kappa shape index (κ2) is 9.11. The van der Waals surface area contributed by atoms with E-state index >= 15 is 0 Å². The average molecular weight is 518 g/mol. The van der Waals surface area contributed by atoms with Crippen LogP contribution in [0.5, 0.6) is 0 Å². The maximum atomic E-state index is 11.7. The number of anilines is 6. The molecule has 0 radical (unpaired) electrons. The van der Waals surface area contributed by atoms with Gasteiger partial charge >= 0.3 is 0 Å². The van der Waals surface area contributed by atoms with Crippen LogP contribution in [0.25, 0.3) is 0 Å². The van der Waals surface area contributed by atoms with Gasteiger partial charge in [-0.3, -0.25) is 13.8 Å².